The molecule has 0 aliphatic carbocycles. The molecular formula is C14H26O2. The van der Waals surface area contributed by atoms with Crippen molar-refractivity contribution < 1.29 is 9.47 Å². The molecule has 0 radical (unpaired) electrons. The van der Waals surface area contributed by atoms with Crippen molar-refractivity contribution in [3.05, 3.63) is 0 Å². The van der Waals surface area contributed by atoms with Gasteiger partial charge in [0.1, 0.15) is 0 Å². The van der Waals surface area contributed by atoms with Gasteiger partial charge in [0.05, 0.1) is 12.2 Å². The first-order chi connectivity index (χ1) is 7.74. The molecule has 2 fully saturated rings. The van der Waals surface area contributed by atoms with Crippen LogP contribution in [0.5, 0.6) is 0 Å². The SMILES string of the molecule is CC1CCC(CCC2CCC(C)OC2)OC1. The summed E-state index contributed by atoms with van der Waals surface area (Å²) < 4.78 is 11.6. The van der Waals surface area contributed by atoms with Gasteiger partial charge in [-0.15, -0.1) is 0 Å². The van der Waals surface area contributed by atoms with E-state index in [4.69, 9.17) is 9.47 Å². The summed E-state index contributed by atoms with van der Waals surface area (Å²) in [5.74, 6) is 1.56. The van der Waals surface area contributed by atoms with Gasteiger partial charge in [0.25, 0.3) is 0 Å². The predicted molar refractivity (Wildman–Crippen MR) is 65.5 cm³/mol. The van der Waals surface area contributed by atoms with Crippen LogP contribution in [0.15, 0.2) is 0 Å². The minimum Gasteiger partial charge on any atom is -0.378 e. The van der Waals surface area contributed by atoms with Crippen molar-refractivity contribution in [2.24, 2.45) is 11.8 Å². The van der Waals surface area contributed by atoms with Crippen LogP contribution in [0.3, 0.4) is 0 Å². The second kappa shape index (κ2) is 6.02. The van der Waals surface area contributed by atoms with Gasteiger partial charge in [0, 0.05) is 13.2 Å². The van der Waals surface area contributed by atoms with Crippen LogP contribution in [-0.2, 0) is 9.47 Å². The summed E-state index contributed by atoms with van der Waals surface area (Å²) in [4.78, 5) is 0. The molecule has 2 nitrogen and oxygen atoms in total. The molecule has 2 saturated heterocycles. The molecule has 0 amide bonds. The molecule has 94 valence electrons. The van der Waals surface area contributed by atoms with Gasteiger partial charge in [-0.3, -0.25) is 0 Å². The van der Waals surface area contributed by atoms with Crippen molar-refractivity contribution in [3.8, 4) is 0 Å². The van der Waals surface area contributed by atoms with E-state index in [-0.39, 0.29) is 0 Å². The average molecular weight is 226 g/mol. The second-order valence-corrected chi connectivity index (χ2v) is 5.80. The summed E-state index contributed by atoms with van der Waals surface area (Å²) in [6.07, 6.45) is 8.78. The summed E-state index contributed by atoms with van der Waals surface area (Å²) in [5, 5.41) is 0. The molecule has 2 heteroatoms. The van der Waals surface area contributed by atoms with E-state index >= 15 is 0 Å². The van der Waals surface area contributed by atoms with Crippen LogP contribution in [0.1, 0.15) is 52.4 Å². The molecule has 0 aromatic rings. The Morgan fingerprint density at radius 1 is 0.875 bits per heavy atom. The Morgan fingerprint density at radius 3 is 2.38 bits per heavy atom. The molecule has 2 heterocycles. The predicted octanol–water partition coefficient (Wildman–Crippen LogP) is 3.40. The fourth-order valence-corrected chi connectivity index (χ4v) is 2.75. The van der Waals surface area contributed by atoms with E-state index in [1.807, 2.05) is 0 Å². The van der Waals surface area contributed by atoms with Crippen LogP contribution in [0.25, 0.3) is 0 Å². The Morgan fingerprint density at radius 2 is 1.75 bits per heavy atom. The first-order valence-corrected chi connectivity index (χ1v) is 6.97. The monoisotopic (exact) mass is 226 g/mol. The maximum atomic E-state index is 5.86. The maximum Gasteiger partial charge on any atom is 0.0575 e. The zero-order chi connectivity index (χ0) is 11.4. The molecule has 2 aliphatic heterocycles. The quantitative estimate of drug-likeness (QED) is 0.734. The second-order valence-electron chi connectivity index (χ2n) is 5.80. The molecule has 0 aromatic carbocycles. The minimum absolute atomic E-state index is 0.489. The molecule has 2 rings (SSSR count). The van der Waals surface area contributed by atoms with Gasteiger partial charge >= 0.3 is 0 Å². The number of hydrogen-bond donors (Lipinski definition) is 0. The van der Waals surface area contributed by atoms with Crippen molar-refractivity contribution >= 4 is 0 Å². The lowest BCUT2D eigenvalue weighted by atomic mass is 9.91. The van der Waals surface area contributed by atoms with Crippen LogP contribution in [0.4, 0.5) is 0 Å². The van der Waals surface area contributed by atoms with Gasteiger partial charge in [-0.1, -0.05) is 6.92 Å². The smallest absolute Gasteiger partial charge is 0.0575 e. The van der Waals surface area contributed by atoms with E-state index in [2.05, 4.69) is 13.8 Å². The van der Waals surface area contributed by atoms with Gasteiger partial charge in [-0.2, -0.15) is 0 Å². The summed E-state index contributed by atoms with van der Waals surface area (Å²) in [5.41, 5.74) is 0. The van der Waals surface area contributed by atoms with Gasteiger partial charge in [-0.05, 0) is 57.3 Å². The molecule has 2 aliphatic rings. The highest BCUT2D eigenvalue weighted by Gasteiger charge is 2.22. The zero-order valence-electron chi connectivity index (χ0n) is 10.8. The normalized spacial score (nSPS) is 40.9. The van der Waals surface area contributed by atoms with Crippen LogP contribution < -0.4 is 0 Å². The third-order valence-corrected chi connectivity index (χ3v) is 4.09. The van der Waals surface area contributed by atoms with Crippen molar-refractivity contribution in [2.45, 2.75) is 64.6 Å². The van der Waals surface area contributed by atoms with Gasteiger partial charge < -0.3 is 9.47 Å². The third-order valence-electron chi connectivity index (χ3n) is 4.09. The van der Waals surface area contributed by atoms with E-state index in [9.17, 15) is 0 Å². The molecular weight excluding hydrogens is 200 g/mol. The largest absolute Gasteiger partial charge is 0.378 e. The fourth-order valence-electron chi connectivity index (χ4n) is 2.75. The standard InChI is InChI=1S/C14H26O2/c1-11-3-7-14(16-9-11)8-6-13-5-4-12(2)15-10-13/h11-14H,3-10H2,1-2H3. The van der Waals surface area contributed by atoms with Crippen molar-refractivity contribution in [2.75, 3.05) is 13.2 Å². The summed E-state index contributed by atoms with van der Waals surface area (Å²) in [6.45, 7) is 6.42. The van der Waals surface area contributed by atoms with Gasteiger partial charge in [0.2, 0.25) is 0 Å². The zero-order valence-corrected chi connectivity index (χ0v) is 10.8. The molecule has 0 spiro atoms. The number of rotatable bonds is 3. The number of ether oxygens (including phenoxy) is 2. The van der Waals surface area contributed by atoms with E-state index in [0.29, 0.717) is 12.2 Å². The summed E-state index contributed by atoms with van der Waals surface area (Å²) in [6, 6.07) is 0. The lowest BCUT2D eigenvalue weighted by Gasteiger charge is -2.30. The maximum absolute atomic E-state index is 5.86. The van der Waals surface area contributed by atoms with E-state index < -0.39 is 0 Å². The summed E-state index contributed by atoms with van der Waals surface area (Å²) >= 11 is 0. The Hall–Kier alpha value is -0.0800. The van der Waals surface area contributed by atoms with E-state index in [1.165, 1.54) is 38.5 Å². The average Bonchev–Trinajstić information content (AvgIpc) is 2.30. The first kappa shape index (κ1) is 12.4. The van der Waals surface area contributed by atoms with E-state index in [0.717, 1.165) is 25.0 Å². The van der Waals surface area contributed by atoms with Gasteiger partial charge in [0.15, 0.2) is 0 Å². The van der Waals surface area contributed by atoms with Gasteiger partial charge in [-0.25, -0.2) is 0 Å². The third kappa shape index (κ3) is 3.74. The molecule has 4 atom stereocenters. The topological polar surface area (TPSA) is 18.5 Å². The highest BCUT2D eigenvalue weighted by Crippen LogP contribution is 2.27. The van der Waals surface area contributed by atoms with Crippen molar-refractivity contribution in [1.82, 2.24) is 0 Å². The van der Waals surface area contributed by atoms with Crippen LogP contribution in [-0.4, -0.2) is 25.4 Å². The number of hydrogen-bond acceptors (Lipinski definition) is 2. The molecule has 0 saturated carbocycles. The van der Waals surface area contributed by atoms with E-state index in [1.54, 1.807) is 0 Å². The Labute approximate surface area is 99.7 Å². The Bertz CT molecular complexity index is 167. The Kier molecular flexibility index (Phi) is 4.66. The first-order valence-electron chi connectivity index (χ1n) is 6.97. The molecule has 0 bridgehead atoms. The molecule has 16 heavy (non-hydrogen) atoms. The highest BCUT2D eigenvalue weighted by atomic mass is 16.5. The molecule has 0 N–H and O–H groups in total. The highest BCUT2D eigenvalue weighted by molar-refractivity contribution is 4.72. The fraction of sp³-hybridized carbons (Fsp3) is 1.00. The minimum atomic E-state index is 0.489. The van der Waals surface area contributed by atoms with Crippen molar-refractivity contribution in [1.29, 1.82) is 0 Å². The molecule has 4 unspecified atom stereocenters. The summed E-state index contributed by atoms with van der Waals surface area (Å²) in [7, 11) is 0. The van der Waals surface area contributed by atoms with Crippen LogP contribution >= 0.6 is 0 Å². The van der Waals surface area contributed by atoms with Crippen molar-refractivity contribution in [3.63, 3.8) is 0 Å². The lowest BCUT2D eigenvalue weighted by molar-refractivity contribution is -0.0335. The Balaban J connectivity index is 1.60. The molecule has 0 aromatic heterocycles. The lowest BCUT2D eigenvalue weighted by Crippen LogP contribution is -2.27. The van der Waals surface area contributed by atoms with Crippen LogP contribution in [0.2, 0.25) is 0 Å². The van der Waals surface area contributed by atoms with Crippen LogP contribution in [0, 0.1) is 11.8 Å².